The summed E-state index contributed by atoms with van der Waals surface area (Å²) in [4.78, 5) is 4.22. The molecule has 0 spiro atoms. The second-order valence-corrected chi connectivity index (χ2v) is 4.96. The third-order valence-corrected chi connectivity index (χ3v) is 3.20. The summed E-state index contributed by atoms with van der Waals surface area (Å²) >= 11 is 0. The zero-order chi connectivity index (χ0) is 13.5. The molecule has 0 saturated carbocycles. The number of hydrogen-bond acceptors (Lipinski definition) is 3. The fraction of sp³-hybridized carbons (Fsp3) is 0.467. The molecule has 0 bridgehead atoms. The molecular weight excluding hydrogens is 236 g/mol. The van der Waals surface area contributed by atoms with Gasteiger partial charge in [-0.25, -0.2) is 4.98 Å². The van der Waals surface area contributed by atoms with Crippen molar-refractivity contribution in [1.29, 1.82) is 0 Å². The minimum Gasteiger partial charge on any atom is -0.314 e. The van der Waals surface area contributed by atoms with Crippen LogP contribution in [0, 0.1) is 0 Å². The lowest BCUT2D eigenvalue weighted by atomic mass is 10.1. The number of rotatable bonds is 7. The zero-order valence-electron chi connectivity index (χ0n) is 11.7. The first-order chi connectivity index (χ1) is 9.24. The molecule has 4 heteroatoms. The highest BCUT2D eigenvalue weighted by Crippen LogP contribution is 2.04. The number of hydrogen-bond donors (Lipinski definition) is 1. The number of nitrogens with one attached hydrogen (secondary N) is 1. The Morgan fingerprint density at radius 3 is 2.68 bits per heavy atom. The fourth-order valence-corrected chi connectivity index (χ4v) is 2.06. The maximum absolute atomic E-state index is 4.27. The second-order valence-electron chi connectivity index (χ2n) is 4.96. The Bertz CT molecular complexity index is 478. The van der Waals surface area contributed by atoms with Gasteiger partial charge < -0.3 is 5.32 Å². The van der Waals surface area contributed by atoms with Crippen LogP contribution in [0.5, 0.6) is 0 Å². The summed E-state index contributed by atoms with van der Waals surface area (Å²) in [6.07, 6.45) is 4.90. The predicted molar refractivity (Wildman–Crippen MR) is 76.9 cm³/mol. The second kappa shape index (κ2) is 7.04. The third-order valence-electron chi connectivity index (χ3n) is 3.20. The first-order valence-corrected chi connectivity index (χ1v) is 6.86. The van der Waals surface area contributed by atoms with E-state index in [0.717, 1.165) is 31.6 Å². The molecule has 0 amide bonds. The average molecular weight is 258 g/mol. The summed E-state index contributed by atoms with van der Waals surface area (Å²) in [7, 11) is 1.90. The van der Waals surface area contributed by atoms with Crippen LogP contribution in [0.4, 0.5) is 0 Å². The summed E-state index contributed by atoms with van der Waals surface area (Å²) in [6.45, 7) is 3.16. The average Bonchev–Trinajstić information content (AvgIpc) is 2.83. The fourth-order valence-electron chi connectivity index (χ4n) is 2.06. The number of benzene rings is 1. The molecular formula is C15H22N4. The molecule has 4 nitrogen and oxygen atoms in total. The van der Waals surface area contributed by atoms with Crippen molar-refractivity contribution in [3.05, 3.63) is 48.0 Å². The maximum Gasteiger partial charge on any atom is 0.151 e. The largest absolute Gasteiger partial charge is 0.314 e. The Kier molecular flexibility index (Phi) is 5.10. The quantitative estimate of drug-likeness (QED) is 0.825. The molecule has 1 aromatic carbocycles. The van der Waals surface area contributed by atoms with E-state index in [0.29, 0.717) is 6.04 Å². The van der Waals surface area contributed by atoms with Crippen LogP contribution in [-0.4, -0.2) is 27.4 Å². The monoisotopic (exact) mass is 258 g/mol. The van der Waals surface area contributed by atoms with Crippen LogP contribution >= 0.6 is 0 Å². The van der Waals surface area contributed by atoms with Gasteiger partial charge in [-0.3, -0.25) is 4.68 Å². The van der Waals surface area contributed by atoms with E-state index in [1.807, 2.05) is 7.05 Å². The summed E-state index contributed by atoms with van der Waals surface area (Å²) in [6, 6.07) is 11.1. The summed E-state index contributed by atoms with van der Waals surface area (Å²) in [5, 5.41) is 7.79. The third kappa shape index (κ3) is 4.83. The van der Waals surface area contributed by atoms with E-state index in [-0.39, 0.29) is 0 Å². The lowest BCUT2D eigenvalue weighted by Gasteiger charge is -2.12. The molecule has 0 radical (unpaired) electrons. The molecule has 102 valence electrons. The molecule has 0 saturated heterocycles. The SMILES string of the molecule is CC(CCc1ccccc1)NCCc1ncn(C)n1. The van der Waals surface area contributed by atoms with Crippen LogP contribution in [0.2, 0.25) is 0 Å². The standard InChI is InChI=1S/C15H22N4/c1-13(8-9-14-6-4-3-5-7-14)16-11-10-15-17-12-19(2)18-15/h3-7,12-13,16H,8-11H2,1-2H3. The van der Waals surface area contributed by atoms with Gasteiger partial charge in [-0.15, -0.1) is 0 Å². The molecule has 1 N–H and O–H groups in total. The Hall–Kier alpha value is -1.68. The minimum atomic E-state index is 0.518. The van der Waals surface area contributed by atoms with E-state index < -0.39 is 0 Å². The van der Waals surface area contributed by atoms with E-state index in [4.69, 9.17) is 0 Å². The van der Waals surface area contributed by atoms with Crippen molar-refractivity contribution >= 4 is 0 Å². The zero-order valence-corrected chi connectivity index (χ0v) is 11.7. The van der Waals surface area contributed by atoms with Gasteiger partial charge in [0.1, 0.15) is 6.33 Å². The summed E-state index contributed by atoms with van der Waals surface area (Å²) in [5.41, 5.74) is 1.41. The van der Waals surface area contributed by atoms with Gasteiger partial charge in [-0.1, -0.05) is 30.3 Å². The molecule has 0 aliphatic rings. The van der Waals surface area contributed by atoms with Crippen LogP contribution in [0.25, 0.3) is 0 Å². The Morgan fingerprint density at radius 1 is 1.21 bits per heavy atom. The summed E-state index contributed by atoms with van der Waals surface area (Å²) < 4.78 is 1.74. The number of aryl methyl sites for hydroxylation is 2. The van der Waals surface area contributed by atoms with E-state index in [1.165, 1.54) is 5.56 Å². The highest BCUT2D eigenvalue weighted by atomic mass is 15.3. The molecule has 1 atom stereocenters. The maximum atomic E-state index is 4.27. The molecule has 0 fully saturated rings. The van der Waals surface area contributed by atoms with Crippen LogP contribution in [0.3, 0.4) is 0 Å². The number of aromatic nitrogens is 3. The lowest BCUT2D eigenvalue weighted by Crippen LogP contribution is -2.28. The molecule has 1 unspecified atom stereocenters. The van der Waals surface area contributed by atoms with Gasteiger partial charge in [0.05, 0.1) is 0 Å². The van der Waals surface area contributed by atoms with Crippen molar-refractivity contribution in [3.63, 3.8) is 0 Å². The van der Waals surface area contributed by atoms with Crippen molar-refractivity contribution in [3.8, 4) is 0 Å². The van der Waals surface area contributed by atoms with Crippen molar-refractivity contribution < 1.29 is 0 Å². The van der Waals surface area contributed by atoms with Gasteiger partial charge in [0.2, 0.25) is 0 Å². The van der Waals surface area contributed by atoms with Crippen LogP contribution in [0.15, 0.2) is 36.7 Å². The van der Waals surface area contributed by atoms with E-state index >= 15 is 0 Å². The molecule has 0 aliphatic carbocycles. The molecule has 19 heavy (non-hydrogen) atoms. The van der Waals surface area contributed by atoms with Gasteiger partial charge in [-0.05, 0) is 25.3 Å². The van der Waals surface area contributed by atoms with E-state index in [9.17, 15) is 0 Å². The molecule has 1 heterocycles. The van der Waals surface area contributed by atoms with Crippen LogP contribution in [-0.2, 0) is 19.9 Å². The Labute approximate surface area is 114 Å². The molecule has 2 aromatic rings. The first-order valence-electron chi connectivity index (χ1n) is 6.86. The van der Waals surface area contributed by atoms with Crippen LogP contribution in [0.1, 0.15) is 24.7 Å². The smallest absolute Gasteiger partial charge is 0.151 e. The predicted octanol–water partition coefficient (Wildman–Crippen LogP) is 1.97. The molecule has 1 aromatic heterocycles. The Morgan fingerprint density at radius 2 is 2.00 bits per heavy atom. The van der Waals surface area contributed by atoms with Gasteiger partial charge in [-0.2, -0.15) is 5.10 Å². The Balaban J connectivity index is 1.63. The number of nitrogens with zero attached hydrogens (tertiary/aromatic N) is 3. The van der Waals surface area contributed by atoms with Crippen LogP contribution < -0.4 is 5.32 Å². The topological polar surface area (TPSA) is 42.7 Å². The summed E-state index contributed by atoms with van der Waals surface area (Å²) in [5.74, 6) is 0.908. The van der Waals surface area contributed by atoms with Crippen molar-refractivity contribution in [2.24, 2.45) is 7.05 Å². The first kappa shape index (κ1) is 13.7. The molecule has 0 aliphatic heterocycles. The van der Waals surface area contributed by atoms with Crippen molar-refractivity contribution in [2.75, 3.05) is 6.54 Å². The van der Waals surface area contributed by atoms with E-state index in [1.54, 1.807) is 11.0 Å². The van der Waals surface area contributed by atoms with Crippen molar-refractivity contribution in [2.45, 2.75) is 32.2 Å². The highest BCUT2D eigenvalue weighted by Gasteiger charge is 2.03. The van der Waals surface area contributed by atoms with E-state index in [2.05, 4.69) is 52.7 Å². The van der Waals surface area contributed by atoms with Gasteiger partial charge in [0.15, 0.2) is 5.82 Å². The van der Waals surface area contributed by atoms with Gasteiger partial charge in [0.25, 0.3) is 0 Å². The van der Waals surface area contributed by atoms with Gasteiger partial charge >= 0.3 is 0 Å². The normalized spacial score (nSPS) is 12.5. The highest BCUT2D eigenvalue weighted by molar-refractivity contribution is 5.14. The molecule has 2 rings (SSSR count). The minimum absolute atomic E-state index is 0.518. The lowest BCUT2D eigenvalue weighted by molar-refractivity contribution is 0.513. The van der Waals surface area contributed by atoms with Gasteiger partial charge in [0, 0.05) is 26.1 Å². The van der Waals surface area contributed by atoms with Crippen molar-refractivity contribution in [1.82, 2.24) is 20.1 Å².